The summed E-state index contributed by atoms with van der Waals surface area (Å²) < 4.78 is 25.5. The SMILES string of the molecule is CN=C(NCCc1cnn(-c2ccccc2)c1)N1CCS(=O)(=O)C(C)(C)C1. The minimum atomic E-state index is -3.06. The molecule has 0 radical (unpaired) electrons. The molecule has 7 nitrogen and oxygen atoms in total. The van der Waals surface area contributed by atoms with E-state index < -0.39 is 14.6 Å². The summed E-state index contributed by atoms with van der Waals surface area (Å²) in [7, 11) is -1.33. The first kappa shape index (κ1) is 19.4. The number of nitrogens with one attached hydrogen (secondary N) is 1. The standard InChI is InChI=1S/C19H27N5O2S/c1-19(2)15-23(11-12-27(19,25)26)18(20-3)21-10-9-16-13-22-24(14-16)17-7-5-4-6-8-17/h4-8,13-14H,9-12,15H2,1-3H3,(H,20,21). The van der Waals surface area contributed by atoms with E-state index >= 15 is 0 Å². The number of hydrogen-bond acceptors (Lipinski definition) is 4. The first-order valence-corrected chi connectivity index (χ1v) is 10.7. The van der Waals surface area contributed by atoms with Gasteiger partial charge in [-0.05, 0) is 38.0 Å². The summed E-state index contributed by atoms with van der Waals surface area (Å²) in [5.74, 6) is 0.901. The zero-order valence-corrected chi connectivity index (χ0v) is 16.9. The third-order valence-electron chi connectivity index (χ3n) is 4.91. The maximum absolute atomic E-state index is 12.2. The molecule has 1 aliphatic heterocycles. The quantitative estimate of drug-likeness (QED) is 0.633. The number of hydrogen-bond donors (Lipinski definition) is 1. The lowest BCUT2D eigenvalue weighted by Gasteiger charge is -2.39. The molecule has 3 rings (SSSR count). The molecule has 1 fully saturated rings. The van der Waals surface area contributed by atoms with E-state index in [9.17, 15) is 8.42 Å². The normalized spacial score (nSPS) is 19.1. The minimum Gasteiger partial charge on any atom is -0.356 e. The van der Waals surface area contributed by atoms with E-state index in [2.05, 4.69) is 15.4 Å². The molecule has 27 heavy (non-hydrogen) atoms. The van der Waals surface area contributed by atoms with Gasteiger partial charge < -0.3 is 10.2 Å². The molecular formula is C19H27N5O2S. The van der Waals surface area contributed by atoms with Crippen LogP contribution in [0.15, 0.2) is 47.7 Å². The van der Waals surface area contributed by atoms with Crippen LogP contribution in [0.4, 0.5) is 0 Å². The highest BCUT2D eigenvalue weighted by atomic mass is 32.2. The van der Waals surface area contributed by atoms with Gasteiger partial charge in [-0.25, -0.2) is 13.1 Å². The number of rotatable bonds is 4. The molecule has 1 aliphatic rings. The van der Waals surface area contributed by atoms with Gasteiger partial charge in [-0.1, -0.05) is 18.2 Å². The van der Waals surface area contributed by atoms with Crippen molar-refractivity contribution in [2.75, 3.05) is 32.4 Å². The Morgan fingerprint density at radius 2 is 2.04 bits per heavy atom. The summed E-state index contributed by atoms with van der Waals surface area (Å²) in [5, 5.41) is 7.76. The fourth-order valence-corrected chi connectivity index (χ4v) is 4.55. The summed E-state index contributed by atoms with van der Waals surface area (Å²) in [5.41, 5.74) is 2.16. The molecule has 146 valence electrons. The number of sulfone groups is 1. The summed E-state index contributed by atoms with van der Waals surface area (Å²) in [6.07, 6.45) is 4.70. The molecule has 0 atom stereocenters. The Morgan fingerprint density at radius 3 is 2.70 bits per heavy atom. The van der Waals surface area contributed by atoms with Crippen LogP contribution in [-0.4, -0.2) is 66.2 Å². The van der Waals surface area contributed by atoms with Gasteiger partial charge in [-0.15, -0.1) is 0 Å². The van der Waals surface area contributed by atoms with E-state index in [4.69, 9.17) is 0 Å². The van der Waals surface area contributed by atoms with Gasteiger partial charge in [0.15, 0.2) is 15.8 Å². The highest BCUT2D eigenvalue weighted by Crippen LogP contribution is 2.23. The number of aromatic nitrogens is 2. The van der Waals surface area contributed by atoms with Crippen LogP contribution in [0.5, 0.6) is 0 Å². The number of aliphatic imine (C=N–C) groups is 1. The van der Waals surface area contributed by atoms with E-state index in [1.165, 1.54) is 0 Å². The molecule has 8 heteroatoms. The number of benzene rings is 1. The van der Waals surface area contributed by atoms with Crippen LogP contribution >= 0.6 is 0 Å². The lowest BCUT2D eigenvalue weighted by molar-refractivity contribution is 0.353. The fourth-order valence-electron chi connectivity index (χ4n) is 3.19. The van der Waals surface area contributed by atoms with Gasteiger partial charge in [0, 0.05) is 32.9 Å². The first-order chi connectivity index (χ1) is 12.8. The number of para-hydroxylation sites is 1. The fraction of sp³-hybridized carbons (Fsp3) is 0.474. The first-order valence-electron chi connectivity index (χ1n) is 9.09. The van der Waals surface area contributed by atoms with Gasteiger partial charge in [0.2, 0.25) is 0 Å². The zero-order valence-electron chi connectivity index (χ0n) is 16.1. The van der Waals surface area contributed by atoms with E-state index in [1.54, 1.807) is 20.9 Å². The molecule has 0 bridgehead atoms. The van der Waals surface area contributed by atoms with Crippen LogP contribution in [0.3, 0.4) is 0 Å². The number of nitrogens with zero attached hydrogens (tertiary/aromatic N) is 4. The molecule has 2 heterocycles. The molecule has 1 aromatic carbocycles. The monoisotopic (exact) mass is 389 g/mol. The molecule has 0 unspecified atom stereocenters. The lowest BCUT2D eigenvalue weighted by atomic mass is 10.2. The van der Waals surface area contributed by atoms with E-state index in [1.807, 2.05) is 52.3 Å². The Morgan fingerprint density at radius 1 is 1.30 bits per heavy atom. The Bertz CT molecular complexity index is 903. The summed E-state index contributed by atoms with van der Waals surface area (Å²) >= 11 is 0. The minimum absolute atomic E-state index is 0.157. The smallest absolute Gasteiger partial charge is 0.193 e. The van der Waals surface area contributed by atoms with Crippen LogP contribution < -0.4 is 5.32 Å². The van der Waals surface area contributed by atoms with Crippen LogP contribution in [0.2, 0.25) is 0 Å². The summed E-state index contributed by atoms with van der Waals surface area (Å²) in [6, 6.07) is 9.99. The van der Waals surface area contributed by atoms with Gasteiger partial charge in [0.05, 0.1) is 22.4 Å². The van der Waals surface area contributed by atoms with Crippen LogP contribution in [0.25, 0.3) is 5.69 Å². The van der Waals surface area contributed by atoms with Crippen molar-refractivity contribution in [1.29, 1.82) is 0 Å². The topological polar surface area (TPSA) is 79.6 Å². The Kier molecular flexibility index (Phi) is 5.55. The maximum Gasteiger partial charge on any atom is 0.193 e. The summed E-state index contributed by atoms with van der Waals surface area (Å²) in [6.45, 7) is 5.18. The molecule has 1 N–H and O–H groups in total. The number of guanidine groups is 1. The van der Waals surface area contributed by atoms with Crippen molar-refractivity contribution >= 4 is 15.8 Å². The van der Waals surface area contributed by atoms with Crippen molar-refractivity contribution < 1.29 is 8.42 Å². The molecule has 0 aliphatic carbocycles. The third kappa shape index (κ3) is 4.32. The van der Waals surface area contributed by atoms with Crippen LogP contribution in [0, 0.1) is 0 Å². The largest absolute Gasteiger partial charge is 0.356 e. The highest BCUT2D eigenvalue weighted by Gasteiger charge is 2.40. The average Bonchev–Trinajstić information content (AvgIpc) is 3.11. The van der Waals surface area contributed by atoms with Gasteiger partial charge in [-0.2, -0.15) is 5.10 Å². The predicted octanol–water partition coefficient (Wildman–Crippen LogP) is 1.50. The second kappa shape index (κ2) is 7.72. The lowest BCUT2D eigenvalue weighted by Crippen LogP contribution is -2.57. The van der Waals surface area contributed by atoms with Gasteiger partial charge in [-0.3, -0.25) is 4.99 Å². The second-order valence-corrected chi connectivity index (χ2v) is 10.1. The van der Waals surface area contributed by atoms with Crippen molar-refractivity contribution in [3.05, 3.63) is 48.3 Å². The summed E-state index contributed by atoms with van der Waals surface area (Å²) in [4.78, 5) is 6.35. The Labute approximate surface area is 161 Å². The molecular weight excluding hydrogens is 362 g/mol. The predicted molar refractivity (Wildman–Crippen MR) is 108 cm³/mol. The molecule has 0 amide bonds. The average molecular weight is 390 g/mol. The third-order valence-corrected chi connectivity index (χ3v) is 7.44. The van der Waals surface area contributed by atoms with Gasteiger partial charge in [0.1, 0.15) is 0 Å². The van der Waals surface area contributed by atoms with E-state index in [0.717, 1.165) is 23.6 Å². The van der Waals surface area contributed by atoms with Crippen LogP contribution in [0.1, 0.15) is 19.4 Å². The van der Waals surface area contributed by atoms with Gasteiger partial charge >= 0.3 is 0 Å². The van der Waals surface area contributed by atoms with Crippen molar-refractivity contribution in [1.82, 2.24) is 20.0 Å². The van der Waals surface area contributed by atoms with E-state index in [-0.39, 0.29) is 5.75 Å². The van der Waals surface area contributed by atoms with Crippen molar-refractivity contribution in [2.24, 2.45) is 4.99 Å². The molecule has 1 aromatic heterocycles. The maximum atomic E-state index is 12.2. The van der Waals surface area contributed by atoms with Crippen molar-refractivity contribution in [3.63, 3.8) is 0 Å². The molecule has 0 saturated carbocycles. The molecule has 1 saturated heterocycles. The highest BCUT2D eigenvalue weighted by molar-refractivity contribution is 7.92. The second-order valence-electron chi connectivity index (χ2n) is 7.35. The van der Waals surface area contributed by atoms with Crippen LogP contribution in [-0.2, 0) is 16.3 Å². The van der Waals surface area contributed by atoms with Crippen molar-refractivity contribution in [2.45, 2.75) is 25.0 Å². The van der Waals surface area contributed by atoms with Gasteiger partial charge in [0.25, 0.3) is 0 Å². The van der Waals surface area contributed by atoms with E-state index in [0.29, 0.717) is 19.6 Å². The zero-order chi connectivity index (χ0) is 19.5. The Hall–Kier alpha value is -2.35. The Balaban J connectivity index is 1.56. The molecule has 2 aromatic rings. The molecule has 0 spiro atoms. The van der Waals surface area contributed by atoms with Crippen molar-refractivity contribution in [3.8, 4) is 5.69 Å².